The van der Waals surface area contributed by atoms with Gasteiger partial charge in [-0.2, -0.15) is 5.26 Å². The predicted molar refractivity (Wildman–Crippen MR) is 128 cm³/mol. The van der Waals surface area contributed by atoms with Crippen molar-refractivity contribution >= 4 is 46.7 Å². The number of carboxylic acid groups (broad SMARTS) is 1. The van der Waals surface area contributed by atoms with Gasteiger partial charge in [0.05, 0.1) is 33.9 Å². The number of aromatic carboxylic acids is 1. The number of benzene rings is 2. The summed E-state index contributed by atoms with van der Waals surface area (Å²) in [5.41, 5.74) is 2.79. The van der Waals surface area contributed by atoms with E-state index < -0.39 is 11.9 Å². The highest BCUT2D eigenvalue weighted by molar-refractivity contribution is 8.03. The Hall–Kier alpha value is -3.54. The monoisotopic (exact) mass is 481 g/mol. The molecule has 168 valence electrons. The Morgan fingerprint density at radius 2 is 1.79 bits per heavy atom. The lowest BCUT2D eigenvalue weighted by Crippen LogP contribution is -2.27. The first-order chi connectivity index (χ1) is 15.7. The number of nitrogens with one attached hydrogen (secondary N) is 2. The van der Waals surface area contributed by atoms with E-state index in [1.807, 2.05) is 0 Å². The highest BCUT2D eigenvalue weighted by atomic mass is 35.5. The Bertz CT molecular complexity index is 1210. The van der Waals surface area contributed by atoms with Crippen LogP contribution in [0.3, 0.4) is 0 Å². The molecule has 0 radical (unpaired) electrons. The molecule has 1 amide bonds. The highest BCUT2D eigenvalue weighted by Gasteiger charge is 2.33. The molecule has 1 heterocycles. The molecule has 1 unspecified atom stereocenters. The van der Waals surface area contributed by atoms with Crippen LogP contribution in [0, 0.1) is 11.3 Å². The SMILES string of the molecule is CC(=O)C1=C(C)NC(SCC(=O)Nc2ccc(C(=O)O)cc2)=C(C#N)C1c1ccc(Cl)cc1. The fraction of sp³-hybridized carbons (Fsp3) is 0.167. The summed E-state index contributed by atoms with van der Waals surface area (Å²) in [7, 11) is 0. The van der Waals surface area contributed by atoms with Crippen LogP contribution in [-0.4, -0.2) is 28.5 Å². The molecule has 0 bridgehead atoms. The Kier molecular flexibility index (Phi) is 7.59. The van der Waals surface area contributed by atoms with Crippen molar-refractivity contribution in [2.45, 2.75) is 19.8 Å². The maximum atomic E-state index is 12.4. The number of hydrogen-bond donors (Lipinski definition) is 3. The van der Waals surface area contributed by atoms with E-state index in [2.05, 4.69) is 16.7 Å². The molecule has 2 aromatic carbocycles. The zero-order chi connectivity index (χ0) is 24.1. The predicted octanol–water partition coefficient (Wildman–Crippen LogP) is 4.70. The largest absolute Gasteiger partial charge is 0.478 e. The van der Waals surface area contributed by atoms with Crippen LogP contribution in [0.25, 0.3) is 0 Å². The van der Waals surface area contributed by atoms with Crippen LogP contribution in [0.5, 0.6) is 0 Å². The van der Waals surface area contributed by atoms with Crippen molar-refractivity contribution in [3.63, 3.8) is 0 Å². The number of hydrogen-bond acceptors (Lipinski definition) is 6. The van der Waals surface area contributed by atoms with E-state index in [-0.39, 0.29) is 23.0 Å². The van der Waals surface area contributed by atoms with Crippen LogP contribution in [0.15, 0.2) is 70.4 Å². The maximum Gasteiger partial charge on any atom is 0.335 e. The van der Waals surface area contributed by atoms with Crippen LogP contribution in [0.1, 0.15) is 35.7 Å². The third-order valence-corrected chi connectivity index (χ3v) is 6.26. The van der Waals surface area contributed by atoms with E-state index in [4.69, 9.17) is 16.7 Å². The van der Waals surface area contributed by atoms with Crippen LogP contribution < -0.4 is 10.6 Å². The Morgan fingerprint density at radius 1 is 1.15 bits per heavy atom. The summed E-state index contributed by atoms with van der Waals surface area (Å²) in [5.74, 6) is -2.09. The normalized spacial score (nSPS) is 15.5. The molecule has 0 saturated carbocycles. The van der Waals surface area contributed by atoms with E-state index in [0.29, 0.717) is 32.6 Å². The number of nitriles is 1. The Morgan fingerprint density at radius 3 is 2.33 bits per heavy atom. The standard InChI is InChI=1S/C24H20ClN3O4S/c1-13-21(14(2)29)22(15-3-7-17(25)8-4-15)19(11-26)23(27-13)33-12-20(30)28-18-9-5-16(6-10-18)24(31)32/h3-10,22,27H,12H2,1-2H3,(H,28,30)(H,31,32). The van der Waals surface area contributed by atoms with Gasteiger partial charge in [-0.25, -0.2) is 4.79 Å². The molecule has 0 fully saturated rings. The van der Waals surface area contributed by atoms with E-state index in [0.717, 1.165) is 17.3 Å². The van der Waals surface area contributed by atoms with Crippen molar-refractivity contribution in [2.24, 2.45) is 0 Å². The van der Waals surface area contributed by atoms with Gasteiger partial charge in [0.2, 0.25) is 5.91 Å². The molecule has 0 aliphatic carbocycles. The summed E-state index contributed by atoms with van der Waals surface area (Å²) in [6, 6.07) is 15.0. The van der Waals surface area contributed by atoms with Gasteiger partial charge in [0.15, 0.2) is 5.78 Å². The molecule has 1 aliphatic heterocycles. The number of amides is 1. The average molecular weight is 482 g/mol. The zero-order valence-corrected chi connectivity index (χ0v) is 19.4. The number of allylic oxidation sites excluding steroid dienone is 3. The molecule has 33 heavy (non-hydrogen) atoms. The molecule has 9 heteroatoms. The summed E-state index contributed by atoms with van der Waals surface area (Å²) in [6.45, 7) is 3.22. The molecular weight excluding hydrogens is 462 g/mol. The summed E-state index contributed by atoms with van der Waals surface area (Å²) in [5, 5.41) is 25.7. The second-order valence-corrected chi connectivity index (χ2v) is 8.70. The topological polar surface area (TPSA) is 119 Å². The molecule has 3 N–H and O–H groups in total. The lowest BCUT2D eigenvalue weighted by atomic mass is 9.81. The number of anilines is 1. The van der Waals surface area contributed by atoms with E-state index in [1.165, 1.54) is 31.2 Å². The molecule has 2 aromatic rings. The summed E-state index contributed by atoms with van der Waals surface area (Å²) in [6.07, 6.45) is 0. The van der Waals surface area contributed by atoms with Crippen LogP contribution in [-0.2, 0) is 9.59 Å². The van der Waals surface area contributed by atoms with Gasteiger partial charge < -0.3 is 15.7 Å². The van der Waals surface area contributed by atoms with Gasteiger partial charge >= 0.3 is 5.97 Å². The fourth-order valence-electron chi connectivity index (χ4n) is 3.51. The minimum Gasteiger partial charge on any atom is -0.478 e. The number of carbonyl (C=O) groups excluding carboxylic acids is 2. The maximum absolute atomic E-state index is 12.4. The average Bonchev–Trinajstić information content (AvgIpc) is 2.77. The molecule has 1 atom stereocenters. The molecule has 0 spiro atoms. The number of Topliss-reactive ketones (excluding diaryl/α,β-unsaturated/α-hetero) is 1. The van der Waals surface area contributed by atoms with E-state index >= 15 is 0 Å². The van der Waals surface area contributed by atoms with Gasteiger partial charge in [-0.1, -0.05) is 35.5 Å². The quantitative estimate of drug-likeness (QED) is 0.524. The number of thioether (sulfide) groups is 1. The summed E-state index contributed by atoms with van der Waals surface area (Å²) in [4.78, 5) is 35.8. The van der Waals surface area contributed by atoms with Crippen LogP contribution >= 0.6 is 23.4 Å². The van der Waals surface area contributed by atoms with Crippen molar-refractivity contribution in [1.82, 2.24) is 5.32 Å². The highest BCUT2D eigenvalue weighted by Crippen LogP contribution is 2.41. The van der Waals surface area contributed by atoms with Crippen molar-refractivity contribution < 1.29 is 19.5 Å². The van der Waals surface area contributed by atoms with E-state index in [9.17, 15) is 19.6 Å². The minimum absolute atomic E-state index is 0.00418. The van der Waals surface area contributed by atoms with Gasteiger partial charge in [0.25, 0.3) is 0 Å². The number of halogens is 1. The van der Waals surface area contributed by atoms with Crippen molar-refractivity contribution in [1.29, 1.82) is 5.26 Å². The number of dihydropyridines is 1. The number of carbonyl (C=O) groups is 3. The first kappa shape index (κ1) is 24.1. The molecule has 3 rings (SSSR count). The number of rotatable bonds is 7. The van der Waals surface area contributed by atoms with Crippen molar-refractivity contribution in [3.05, 3.63) is 86.6 Å². The third-order valence-electron chi connectivity index (χ3n) is 4.99. The minimum atomic E-state index is -1.05. The van der Waals surface area contributed by atoms with Crippen molar-refractivity contribution in [3.8, 4) is 6.07 Å². The number of ketones is 1. The van der Waals surface area contributed by atoms with Gasteiger partial charge in [-0.05, 0) is 55.8 Å². The zero-order valence-electron chi connectivity index (χ0n) is 17.8. The Labute approximate surface area is 200 Å². The van der Waals surface area contributed by atoms with Gasteiger partial charge in [0, 0.05) is 22.0 Å². The smallest absolute Gasteiger partial charge is 0.335 e. The molecule has 0 saturated heterocycles. The lowest BCUT2D eigenvalue weighted by Gasteiger charge is -2.29. The first-order valence-electron chi connectivity index (χ1n) is 9.85. The van der Waals surface area contributed by atoms with Gasteiger partial charge in [-0.3, -0.25) is 9.59 Å². The molecular formula is C24H20ClN3O4S. The first-order valence-corrected chi connectivity index (χ1v) is 11.2. The molecule has 7 nitrogen and oxygen atoms in total. The Balaban J connectivity index is 1.82. The second-order valence-electron chi connectivity index (χ2n) is 7.28. The van der Waals surface area contributed by atoms with Crippen LogP contribution in [0.2, 0.25) is 5.02 Å². The van der Waals surface area contributed by atoms with Crippen molar-refractivity contribution in [2.75, 3.05) is 11.1 Å². The third kappa shape index (κ3) is 5.64. The number of nitrogens with zero attached hydrogens (tertiary/aromatic N) is 1. The summed E-state index contributed by atoms with van der Waals surface area (Å²) < 4.78 is 0. The number of carboxylic acids is 1. The molecule has 0 aromatic heterocycles. The van der Waals surface area contributed by atoms with Crippen LogP contribution in [0.4, 0.5) is 5.69 Å². The van der Waals surface area contributed by atoms with Gasteiger partial charge in [0.1, 0.15) is 0 Å². The van der Waals surface area contributed by atoms with Gasteiger partial charge in [-0.15, -0.1) is 0 Å². The second kappa shape index (κ2) is 10.4. The summed E-state index contributed by atoms with van der Waals surface area (Å²) >= 11 is 7.16. The fourth-order valence-corrected chi connectivity index (χ4v) is 4.53. The lowest BCUT2D eigenvalue weighted by molar-refractivity contribution is -0.114. The van der Waals surface area contributed by atoms with E-state index in [1.54, 1.807) is 31.2 Å². The molecule has 1 aliphatic rings.